The van der Waals surface area contributed by atoms with Crippen molar-refractivity contribution in [3.05, 3.63) is 29.8 Å². The van der Waals surface area contributed by atoms with Gasteiger partial charge in [0.2, 0.25) is 0 Å². The molecule has 1 saturated heterocycles. The van der Waals surface area contributed by atoms with Gasteiger partial charge in [-0.2, -0.15) is 0 Å². The monoisotopic (exact) mass is 208 g/mol. The summed E-state index contributed by atoms with van der Waals surface area (Å²) in [4.78, 5) is 11.2. The molecule has 0 bridgehead atoms. The highest BCUT2D eigenvalue weighted by Gasteiger charge is 2.48. The van der Waals surface area contributed by atoms with E-state index >= 15 is 0 Å². The highest BCUT2D eigenvalue weighted by atomic mass is 16.6. The molecule has 1 aromatic rings. The Labute approximate surface area is 87.8 Å². The molecule has 0 N–H and O–H groups in total. The molecule has 2 atom stereocenters. The molecule has 1 aliphatic heterocycles. The molecule has 1 heterocycles. The first-order valence-corrected chi connectivity index (χ1v) is 4.64. The minimum atomic E-state index is -0.480. The number of hydrogen-bond donors (Lipinski definition) is 0. The quantitative estimate of drug-likeness (QED) is 0.555. The molecule has 80 valence electrons. The van der Waals surface area contributed by atoms with Crippen molar-refractivity contribution in [3.8, 4) is 5.75 Å². The molecule has 0 spiro atoms. The third-order valence-electron chi connectivity index (χ3n) is 2.37. The van der Waals surface area contributed by atoms with Gasteiger partial charge in [0.05, 0.1) is 14.2 Å². The summed E-state index contributed by atoms with van der Waals surface area (Å²) < 4.78 is 15.0. The first kappa shape index (κ1) is 9.98. The van der Waals surface area contributed by atoms with Crippen LogP contribution in [0.15, 0.2) is 24.3 Å². The molecule has 4 nitrogen and oxygen atoms in total. The second-order valence-electron chi connectivity index (χ2n) is 3.24. The van der Waals surface area contributed by atoms with Gasteiger partial charge in [0, 0.05) is 5.56 Å². The third-order valence-corrected chi connectivity index (χ3v) is 2.37. The summed E-state index contributed by atoms with van der Waals surface area (Å²) in [5.74, 6) is 0.389. The number of esters is 1. The van der Waals surface area contributed by atoms with E-state index in [1.807, 2.05) is 24.3 Å². The van der Waals surface area contributed by atoms with E-state index in [1.54, 1.807) is 7.11 Å². The maximum absolute atomic E-state index is 11.2. The van der Waals surface area contributed by atoms with Crippen molar-refractivity contribution in [2.45, 2.75) is 12.2 Å². The molecule has 4 heteroatoms. The van der Waals surface area contributed by atoms with Crippen molar-refractivity contribution in [1.29, 1.82) is 0 Å². The molecule has 0 amide bonds. The minimum absolute atomic E-state index is 0.228. The lowest BCUT2D eigenvalue weighted by Gasteiger charge is -2.04. The largest absolute Gasteiger partial charge is 0.496 e. The van der Waals surface area contributed by atoms with Gasteiger partial charge < -0.3 is 14.2 Å². The molecular weight excluding hydrogens is 196 g/mol. The van der Waals surface area contributed by atoms with Gasteiger partial charge in [-0.1, -0.05) is 18.2 Å². The summed E-state index contributed by atoms with van der Waals surface area (Å²) in [6.07, 6.45) is -0.708. The van der Waals surface area contributed by atoms with Gasteiger partial charge in [-0.3, -0.25) is 0 Å². The molecule has 0 unspecified atom stereocenters. The first-order valence-electron chi connectivity index (χ1n) is 4.64. The molecule has 1 aromatic carbocycles. The number of ether oxygens (including phenoxy) is 3. The Hall–Kier alpha value is -1.55. The molecule has 0 radical (unpaired) electrons. The summed E-state index contributed by atoms with van der Waals surface area (Å²) in [5.41, 5.74) is 0.885. The van der Waals surface area contributed by atoms with Crippen molar-refractivity contribution in [1.82, 2.24) is 0 Å². The van der Waals surface area contributed by atoms with E-state index in [1.165, 1.54) is 7.11 Å². The number of carbonyl (C=O) groups is 1. The van der Waals surface area contributed by atoms with Crippen LogP contribution in [0.4, 0.5) is 0 Å². The van der Waals surface area contributed by atoms with E-state index in [-0.39, 0.29) is 12.1 Å². The van der Waals surface area contributed by atoms with Crippen molar-refractivity contribution in [2.24, 2.45) is 0 Å². The van der Waals surface area contributed by atoms with Gasteiger partial charge >= 0.3 is 5.97 Å². The molecule has 15 heavy (non-hydrogen) atoms. The maximum Gasteiger partial charge on any atom is 0.338 e. The van der Waals surface area contributed by atoms with E-state index in [0.29, 0.717) is 0 Å². The second kappa shape index (κ2) is 3.90. The predicted octanol–water partition coefficient (Wildman–Crippen LogP) is 1.31. The Bertz CT molecular complexity index is 375. The Balaban J connectivity index is 2.16. The molecule has 0 aliphatic carbocycles. The van der Waals surface area contributed by atoms with Crippen molar-refractivity contribution >= 4 is 5.97 Å². The maximum atomic E-state index is 11.2. The Morgan fingerprint density at radius 1 is 1.33 bits per heavy atom. The number of carbonyl (C=O) groups excluding carboxylic acids is 1. The van der Waals surface area contributed by atoms with Crippen LogP contribution in [0.5, 0.6) is 5.75 Å². The lowest BCUT2D eigenvalue weighted by Crippen LogP contribution is -2.09. The number of rotatable bonds is 3. The number of para-hydroxylation sites is 1. The predicted molar refractivity (Wildman–Crippen MR) is 52.6 cm³/mol. The summed E-state index contributed by atoms with van der Waals surface area (Å²) in [7, 11) is 2.94. The van der Waals surface area contributed by atoms with Crippen LogP contribution < -0.4 is 4.74 Å². The average Bonchev–Trinajstić information content (AvgIpc) is 3.08. The summed E-state index contributed by atoms with van der Waals surface area (Å²) in [6, 6.07) is 7.48. The normalized spacial score (nSPS) is 23.3. The highest BCUT2D eigenvalue weighted by Crippen LogP contribution is 2.43. The lowest BCUT2D eigenvalue weighted by atomic mass is 10.1. The number of epoxide rings is 1. The number of benzene rings is 1. The standard InChI is InChI=1S/C11H12O4/c1-13-8-6-4-3-5-7(8)9-10(15-9)11(12)14-2/h3-6,9-10H,1-2H3/t9-,10-/m0/s1. The van der Waals surface area contributed by atoms with Crippen molar-refractivity contribution < 1.29 is 19.0 Å². The first-order chi connectivity index (χ1) is 7.27. The zero-order chi connectivity index (χ0) is 10.8. The Morgan fingerprint density at radius 2 is 2.07 bits per heavy atom. The smallest absolute Gasteiger partial charge is 0.338 e. The van der Waals surface area contributed by atoms with E-state index < -0.39 is 6.10 Å². The van der Waals surface area contributed by atoms with Gasteiger partial charge in [0.15, 0.2) is 6.10 Å². The van der Waals surface area contributed by atoms with E-state index in [2.05, 4.69) is 4.74 Å². The van der Waals surface area contributed by atoms with Crippen LogP contribution in [-0.2, 0) is 14.3 Å². The Morgan fingerprint density at radius 3 is 2.73 bits per heavy atom. The van der Waals surface area contributed by atoms with Crippen LogP contribution in [0.3, 0.4) is 0 Å². The van der Waals surface area contributed by atoms with Gasteiger partial charge in [-0.15, -0.1) is 0 Å². The van der Waals surface area contributed by atoms with E-state index in [0.717, 1.165) is 11.3 Å². The second-order valence-corrected chi connectivity index (χ2v) is 3.24. The van der Waals surface area contributed by atoms with Crippen LogP contribution in [0.1, 0.15) is 11.7 Å². The third kappa shape index (κ3) is 1.80. The van der Waals surface area contributed by atoms with Crippen molar-refractivity contribution in [3.63, 3.8) is 0 Å². The van der Waals surface area contributed by atoms with E-state index in [9.17, 15) is 4.79 Å². The number of hydrogen-bond acceptors (Lipinski definition) is 4. The number of methoxy groups -OCH3 is 2. The lowest BCUT2D eigenvalue weighted by molar-refractivity contribution is -0.142. The molecule has 1 fully saturated rings. The fourth-order valence-electron chi connectivity index (χ4n) is 1.55. The van der Waals surface area contributed by atoms with Gasteiger partial charge in [-0.05, 0) is 6.07 Å². The molecular formula is C11H12O4. The highest BCUT2D eigenvalue weighted by molar-refractivity contribution is 5.78. The van der Waals surface area contributed by atoms with Gasteiger partial charge in [0.25, 0.3) is 0 Å². The fraction of sp³-hybridized carbons (Fsp3) is 0.364. The van der Waals surface area contributed by atoms with Crippen LogP contribution in [0.2, 0.25) is 0 Å². The van der Waals surface area contributed by atoms with E-state index in [4.69, 9.17) is 9.47 Å². The topological polar surface area (TPSA) is 48.1 Å². The SMILES string of the molecule is COC(=O)[C@H]1O[C@H]1c1ccccc1OC. The van der Waals surface area contributed by atoms with Crippen LogP contribution >= 0.6 is 0 Å². The van der Waals surface area contributed by atoms with Gasteiger partial charge in [0.1, 0.15) is 11.9 Å². The summed E-state index contributed by atoms with van der Waals surface area (Å²) in [5, 5.41) is 0. The van der Waals surface area contributed by atoms with Crippen LogP contribution in [0, 0.1) is 0 Å². The molecule has 1 aliphatic rings. The zero-order valence-corrected chi connectivity index (χ0v) is 8.60. The summed E-state index contributed by atoms with van der Waals surface area (Å²) in [6.45, 7) is 0. The zero-order valence-electron chi connectivity index (χ0n) is 8.60. The minimum Gasteiger partial charge on any atom is -0.496 e. The summed E-state index contributed by atoms with van der Waals surface area (Å²) >= 11 is 0. The Kier molecular flexibility index (Phi) is 2.60. The van der Waals surface area contributed by atoms with Crippen LogP contribution in [0.25, 0.3) is 0 Å². The molecule has 2 rings (SSSR count). The van der Waals surface area contributed by atoms with Gasteiger partial charge in [-0.25, -0.2) is 4.79 Å². The molecule has 0 saturated carbocycles. The van der Waals surface area contributed by atoms with Crippen LogP contribution in [-0.4, -0.2) is 26.3 Å². The van der Waals surface area contributed by atoms with Crippen molar-refractivity contribution in [2.75, 3.05) is 14.2 Å². The fourth-order valence-corrected chi connectivity index (χ4v) is 1.55. The molecule has 0 aromatic heterocycles. The average molecular weight is 208 g/mol.